The molecule has 110 valence electrons. The lowest BCUT2D eigenvalue weighted by Gasteiger charge is -2.20. The van der Waals surface area contributed by atoms with Gasteiger partial charge in [0.15, 0.2) is 10.4 Å². The summed E-state index contributed by atoms with van der Waals surface area (Å²) in [6.45, 7) is 5.90. The van der Waals surface area contributed by atoms with Crippen molar-refractivity contribution in [1.82, 2.24) is 15.1 Å². The summed E-state index contributed by atoms with van der Waals surface area (Å²) in [5.74, 6) is 0.786. The van der Waals surface area contributed by atoms with Crippen LogP contribution in [0.2, 0.25) is 0 Å². The number of nitrogens with zero attached hydrogens (tertiary/aromatic N) is 2. The minimum Gasteiger partial charge on any atom is -0.493 e. The van der Waals surface area contributed by atoms with Gasteiger partial charge in [-0.1, -0.05) is 6.92 Å². The van der Waals surface area contributed by atoms with Crippen LogP contribution in [0.25, 0.3) is 0 Å². The van der Waals surface area contributed by atoms with Crippen LogP contribution in [-0.4, -0.2) is 23.4 Å². The largest absolute Gasteiger partial charge is 0.493 e. The Morgan fingerprint density at radius 1 is 1.50 bits per heavy atom. The molecule has 0 radical (unpaired) electrons. The molecule has 2 rings (SSSR count). The van der Waals surface area contributed by atoms with Crippen molar-refractivity contribution in [3.05, 3.63) is 34.5 Å². The minimum atomic E-state index is -0.0134. The maximum atomic E-state index is 5.46. The zero-order valence-corrected chi connectivity index (χ0v) is 13.6. The first-order chi connectivity index (χ1) is 9.72. The Labute approximate surface area is 127 Å². The number of hydrogen-bond acceptors (Lipinski definition) is 4. The average molecular weight is 342 g/mol. The molecular weight excluding hydrogens is 322 g/mol. The zero-order valence-electron chi connectivity index (χ0n) is 12.0. The summed E-state index contributed by atoms with van der Waals surface area (Å²) in [5, 5.41) is 7.91. The van der Waals surface area contributed by atoms with Gasteiger partial charge in [-0.2, -0.15) is 5.10 Å². The topological polar surface area (TPSA) is 52.2 Å². The monoisotopic (exact) mass is 341 g/mol. The van der Waals surface area contributed by atoms with Gasteiger partial charge in [-0.05, 0) is 41.9 Å². The summed E-state index contributed by atoms with van der Waals surface area (Å²) in [4.78, 5) is 0. The van der Waals surface area contributed by atoms with E-state index in [2.05, 4.69) is 40.2 Å². The first kappa shape index (κ1) is 15.1. The van der Waals surface area contributed by atoms with Crippen LogP contribution < -0.4 is 10.1 Å². The van der Waals surface area contributed by atoms with Crippen LogP contribution in [0.5, 0.6) is 5.75 Å². The van der Waals surface area contributed by atoms with Gasteiger partial charge in [0, 0.05) is 12.1 Å². The Bertz CT molecular complexity index is 529. The van der Waals surface area contributed by atoms with E-state index >= 15 is 0 Å². The molecule has 1 atom stereocenters. The Morgan fingerprint density at radius 2 is 2.30 bits per heavy atom. The second-order valence-corrected chi connectivity index (χ2v) is 5.17. The summed E-state index contributed by atoms with van der Waals surface area (Å²) in [6, 6.07) is 1.95. The molecule has 0 aromatic carbocycles. The normalized spacial score (nSPS) is 12.6. The molecule has 5 nitrogen and oxygen atoms in total. The number of hydrogen-bond donors (Lipinski definition) is 1. The van der Waals surface area contributed by atoms with E-state index in [1.165, 1.54) is 0 Å². The van der Waals surface area contributed by atoms with Gasteiger partial charge < -0.3 is 14.5 Å². The fraction of sp³-hybridized carbons (Fsp3) is 0.500. The highest BCUT2D eigenvalue weighted by atomic mass is 79.9. The first-order valence-electron chi connectivity index (χ1n) is 6.78. The van der Waals surface area contributed by atoms with E-state index < -0.39 is 0 Å². The Kier molecular flexibility index (Phi) is 5.25. The van der Waals surface area contributed by atoms with Gasteiger partial charge in [0.25, 0.3) is 0 Å². The number of nitrogens with one attached hydrogen (secondary N) is 1. The third-order valence-corrected chi connectivity index (χ3v) is 3.84. The number of aryl methyl sites for hydroxylation is 1. The molecule has 0 saturated heterocycles. The molecule has 1 unspecified atom stereocenters. The van der Waals surface area contributed by atoms with Crippen molar-refractivity contribution in [2.24, 2.45) is 0 Å². The molecule has 2 heterocycles. The average Bonchev–Trinajstić information content (AvgIpc) is 3.06. The van der Waals surface area contributed by atoms with Crippen molar-refractivity contribution < 1.29 is 9.15 Å². The van der Waals surface area contributed by atoms with Crippen molar-refractivity contribution in [3.8, 4) is 5.75 Å². The fourth-order valence-electron chi connectivity index (χ4n) is 2.23. The van der Waals surface area contributed by atoms with E-state index in [1.54, 1.807) is 19.6 Å². The van der Waals surface area contributed by atoms with Gasteiger partial charge in [-0.25, -0.2) is 0 Å². The molecule has 0 fully saturated rings. The molecule has 0 amide bonds. The number of aromatic nitrogens is 2. The number of furan rings is 1. The molecule has 0 bridgehead atoms. The third kappa shape index (κ3) is 2.91. The summed E-state index contributed by atoms with van der Waals surface area (Å²) < 4.78 is 13.5. The molecule has 0 aliphatic rings. The van der Waals surface area contributed by atoms with E-state index in [9.17, 15) is 0 Å². The Balaban J connectivity index is 2.46. The highest BCUT2D eigenvalue weighted by Crippen LogP contribution is 2.34. The van der Waals surface area contributed by atoms with Crippen LogP contribution in [-0.2, 0) is 6.54 Å². The molecule has 2 aromatic rings. The maximum absolute atomic E-state index is 5.46. The summed E-state index contributed by atoms with van der Waals surface area (Å²) in [5.41, 5.74) is 2.07. The Hall–Kier alpha value is -1.27. The minimum absolute atomic E-state index is 0.0134. The molecule has 0 spiro atoms. The lowest BCUT2D eigenvalue weighted by atomic mass is 10.1. The standard InChI is InChI=1S/C14H20BrN3O2/c1-4-7-16-12(10-6-8-20-14(10)15)13-11(19-3)9-17-18(13)5-2/h6,8-9,12,16H,4-5,7H2,1-3H3. The second kappa shape index (κ2) is 6.95. The molecule has 1 N–H and O–H groups in total. The van der Waals surface area contributed by atoms with E-state index in [1.807, 2.05) is 10.7 Å². The fourth-order valence-corrected chi connectivity index (χ4v) is 2.70. The smallest absolute Gasteiger partial charge is 0.174 e. The van der Waals surface area contributed by atoms with Gasteiger partial charge in [0.1, 0.15) is 5.69 Å². The summed E-state index contributed by atoms with van der Waals surface area (Å²) in [7, 11) is 1.67. The number of methoxy groups -OCH3 is 1. The maximum Gasteiger partial charge on any atom is 0.174 e. The molecule has 20 heavy (non-hydrogen) atoms. The SMILES string of the molecule is CCCNC(c1ccoc1Br)c1c(OC)cnn1CC. The molecule has 2 aromatic heterocycles. The predicted octanol–water partition coefficient (Wildman–Crippen LogP) is 3.36. The van der Waals surface area contributed by atoms with Gasteiger partial charge in [0.2, 0.25) is 0 Å². The zero-order chi connectivity index (χ0) is 14.5. The quantitative estimate of drug-likeness (QED) is 0.838. The van der Waals surface area contributed by atoms with Crippen molar-refractivity contribution in [2.45, 2.75) is 32.9 Å². The van der Waals surface area contributed by atoms with Crippen LogP contribution in [0, 0.1) is 0 Å². The van der Waals surface area contributed by atoms with Crippen molar-refractivity contribution >= 4 is 15.9 Å². The van der Waals surface area contributed by atoms with E-state index in [0.29, 0.717) is 0 Å². The van der Waals surface area contributed by atoms with Gasteiger partial charge in [-0.15, -0.1) is 0 Å². The lowest BCUT2D eigenvalue weighted by Crippen LogP contribution is -2.26. The van der Waals surface area contributed by atoms with Crippen LogP contribution in [0.4, 0.5) is 0 Å². The number of ether oxygens (including phenoxy) is 1. The van der Waals surface area contributed by atoms with E-state index in [4.69, 9.17) is 9.15 Å². The highest BCUT2D eigenvalue weighted by Gasteiger charge is 2.25. The van der Waals surface area contributed by atoms with Crippen LogP contribution >= 0.6 is 15.9 Å². The lowest BCUT2D eigenvalue weighted by molar-refractivity contribution is 0.398. The molecule has 6 heteroatoms. The summed E-state index contributed by atoms with van der Waals surface area (Å²) in [6.07, 6.45) is 4.49. The molecule has 0 saturated carbocycles. The van der Waals surface area contributed by atoms with Gasteiger partial charge in [0.05, 0.1) is 25.6 Å². The van der Waals surface area contributed by atoms with E-state index in [0.717, 1.165) is 41.2 Å². The number of halogens is 1. The van der Waals surface area contributed by atoms with Crippen molar-refractivity contribution in [3.63, 3.8) is 0 Å². The van der Waals surface area contributed by atoms with E-state index in [-0.39, 0.29) is 6.04 Å². The van der Waals surface area contributed by atoms with Gasteiger partial charge in [-0.3, -0.25) is 4.68 Å². The molecule has 0 aliphatic heterocycles. The Morgan fingerprint density at radius 3 is 2.85 bits per heavy atom. The molecule has 0 aliphatic carbocycles. The highest BCUT2D eigenvalue weighted by molar-refractivity contribution is 9.10. The van der Waals surface area contributed by atoms with Crippen molar-refractivity contribution in [2.75, 3.05) is 13.7 Å². The third-order valence-electron chi connectivity index (χ3n) is 3.19. The number of rotatable bonds is 7. The van der Waals surface area contributed by atoms with Crippen LogP contribution in [0.1, 0.15) is 37.6 Å². The first-order valence-corrected chi connectivity index (χ1v) is 7.58. The second-order valence-electron chi connectivity index (χ2n) is 4.45. The molecular formula is C14H20BrN3O2. The van der Waals surface area contributed by atoms with Gasteiger partial charge >= 0.3 is 0 Å². The van der Waals surface area contributed by atoms with Crippen LogP contribution in [0.15, 0.2) is 27.6 Å². The van der Waals surface area contributed by atoms with Crippen LogP contribution in [0.3, 0.4) is 0 Å². The summed E-state index contributed by atoms with van der Waals surface area (Å²) >= 11 is 3.46. The van der Waals surface area contributed by atoms with Crippen molar-refractivity contribution in [1.29, 1.82) is 0 Å². The predicted molar refractivity (Wildman–Crippen MR) is 81.0 cm³/mol.